The fraction of sp³-hybridized carbons (Fsp3) is 0.389. The average molecular weight is 729 g/mol. The number of hydrogen-bond donors (Lipinski definition) is 5. The number of hydrogen-bond acceptors (Lipinski definition) is 11. The third-order valence-electron chi connectivity index (χ3n) is 9.44. The van der Waals surface area contributed by atoms with Gasteiger partial charge in [-0.15, -0.1) is 0 Å². The molecule has 6 atom stereocenters. The van der Waals surface area contributed by atoms with Crippen molar-refractivity contribution in [1.29, 1.82) is 0 Å². The number of halogens is 3. The summed E-state index contributed by atoms with van der Waals surface area (Å²) in [4.78, 5) is 51.8. The van der Waals surface area contributed by atoms with Crippen molar-refractivity contribution in [3.63, 3.8) is 0 Å². The van der Waals surface area contributed by atoms with Crippen molar-refractivity contribution in [3.05, 3.63) is 93.5 Å². The number of nitrogens with one attached hydrogen (secondary N) is 2. The number of phenolic OH excluding ortho intramolecular Hbond substituents is 2. The van der Waals surface area contributed by atoms with Crippen LogP contribution in [0.2, 0.25) is 0 Å². The van der Waals surface area contributed by atoms with E-state index in [9.17, 15) is 47.7 Å². The van der Waals surface area contributed by atoms with Gasteiger partial charge in [0.1, 0.15) is 29.8 Å². The SMILES string of the molecule is CO[C@H]1[C@@H](NC(=O)C(F)(F)F)C[C@H](O[C@H]2C[C@](O)(COC(=O)NCc3ccccc3)Cc3c(O)c4c(c(O)c32)C(=O)c2ccccc2C4=O)O[C@H]1C. The number of phenols is 2. The highest BCUT2D eigenvalue weighted by atomic mass is 19.4. The van der Waals surface area contributed by atoms with Crippen LogP contribution in [0.1, 0.15) is 74.4 Å². The van der Waals surface area contributed by atoms with Gasteiger partial charge in [-0.3, -0.25) is 14.4 Å². The van der Waals surface area contributed by atoms with Crippen molar-refractivity contribution >= 4 is 23.6 Å². The zero-order chi connectivity index (χ0) is 37.5. The third kappa shape index (κ3) is 7.06. The normalized spacial score (nSPS) is 25.4. The summed E-state index contributed by atoms with van der Waals surface area (Å²) >= 11 is 0. The van der Waals surface area contributed by atoms with E-state index < -0.39 is 114 Å². The quantitative estimate of drug-likeness (QED) is 0.166. The van der Waals surface area contributed by atoms with Crippen LogP contribution in [0, 0.1) is 0 Å². The maximum absolute atomic E-state index is 13.7. The molecule has 5 N–H and O–H groups in total. The van der Waals surface area contributed by atoms with Crippen molar-refractivity contribution in [2.75, 3.05) is 13.7 Å². The molecular weight excluding hydrogens is 693 g/mol. The molecule has 0 spiro atoms. The highest BCUT2D eigenvalue weighted by Gasteiger charge is 2.49. The van der Waals surface area contributed by atoms with E-state index in [2.05, 4.69) is 5.32 Å². The number of amides is 2. The first-order valence-corrected chi connectivity index (χ1v) is 16.3. The Kier molecular flexibility index (Phi) is 10.0. The lowest BCUT2D eigenvalue weighted by Gasteiger charge is -2.44. The predicted molar refractivity (Wildman–Crippen MR) is 173 cm³/mol. The second-order valence-corrected chi connectivity index (χ2v) is 13.0. The first-order valence-electron chi connectivity index (χ1n) is 16.3. The molecule has 1 heterocycles. The largest absolute Gasteiger partial charge is 0.507 e. The van der Waals surface area contributed by atoms with Crippen molar-refractivity contribution in [2.24, 2.45) is 0 Å². The lowest BCUT2D eigenvalue weighted by Crippen LogP contribution is -2.58. The number of ketones is 2. The van der Waals surface area contributed by atoms with Crippen LogP contribution in [0.3, 0.4) is 0 Å². The van der Waals surface area contributed by atoms with Crippen LogP contribution >= 0.6 is 0 Å². The Morgan fingerprint density at radius 3 is 2.21 bits per heavy atom. The number of ether oxygens (including phenoxy) is 4. The van der Waals surface area contributed by atoms with Crippen LogP contribution in [0.4, 0.5) is 18.0 Å². The minimum absolute atomic E-state index is 0.0174. The number of alkyl halides is 3. The number of alkyl carbamates (subject to hydrolysis) is 1. The first kappa shape index (κ1) is 36.8. The number of carbonyl (C=O) groups excluding carboxylic acids is 4. The van der Waals surface area contributed by atoms with Gasteiger partial charge < -0.3 is 44.9 Å². The summed E-state index contributed by atoms with van der Waals surface area (Å²) < 4.78 is 62.3. The van der Waals surface area contributed by atoms with Gasteiger partial charge in [0.15, 0.2) is 17.9 Å². The highest BCUT2D eigenvalue weighted by Crippen LogP contribution is 2.52. The molecule has 0 unspecified atom stereocenters. The van der Waals surface area contributed by atoms with Crippen LogP contribution in [0.5, 0.6) is 11.5 Å². The van der Waals surface area contributed by atoms with Gasteiger partial charge in [0.25, 0.3) is 0 Å². The fourth-order valence-corrected chi connectivity index (χ4v) is 7.06. The summed E-state index contributed by atoms with van der Waals surface area (Å²) in [6.45, 7) is 0.916. The molecule has 2 amide bonds. The van der Waals surface area contributed by atoms with Gasteiger partial charge in [0.05, 0.1) is 29.4 Å². The number of methoxy groups -OCH3 is 1. The summed E-state index contributed by atoms with van der Waals surface area (Å²) in [5, 5.41) is 39.6. The van der Waals surface area contributed by atoms with E-state index in [4.69, 9.17) is 18.9 Å². The van der Waals surface area contributed by atoms with Gasteiger partial charge in [-0.25, -0.2) is 4.79 Å². The molecule has 0 bridgehead atoms. The van der Waals surface area contributed by atoms with E-state index in [-0.39, 0.29) is 28.8 Å². The minimum atomic E-state index is -5.20. The van der Waals surface area contributed by atoms with Crippen molar-refractivity contribution in [3.8, 4) is 11.5 Å². The van der Waals surface area contributed by atoms with Gasteiger partial charge in [0.2, 0.25) is 0 Å². The zero-order valence-electron chi connectivity index (χ0n) is 27.9. The van der Waals surface area contributed by atoms with Crippen molar-refractivity contribution in [1.82, 2.24) is 10.6 Å². The minimum Gasteiger partial charge on any atom is -0.507 e. The second kappa shape index (κ2) is 14.2. The number of carbonyl (C=O) groups is 4. The second-order valence-electron chi connectivity index (χ2n) is 13.0. The molecule has 0 aromatic heterocycles. The number of benzene rings is 3. The Hall–Kier alpha value is -5.03. The fourth-order valence-electron chi connectivity index (χ4n) is 7.06. The lowest BCUT2D eigenvalue weighted by molar-refractivity contribution is -0.255. The molecule has 0 saturated carbocycles. The van der Waals surface area contributed by atoms with E-state index in [1.807, 2.05) is 5.32 Å². The van der Waals surface area contributed by atoms with Crippen molar-refractivity contribution in [2.45, 2.75) is 75.2 Å². The maximum atomic E-state index is 13.7. The first-order chi connectivity index (χ1) is 24.6. The van der Waals surface area contributed by atoms with Gasteiger partial charge in [-0.2, -0.15) is 13.2 Å². The molecule has 0 radical (unpaired) electrons. The van der Waals surface area contributed by atoms with Crippen LogP contribution in [-0.4, -0.2) is 88.9 Å². The number of aromatic hydroxyl groups is 2. The van der Waals surface area contributed by atoms with E-state index in [0.717, 1.165) is 5.56 Å². The third-order valence-corrected chi connectivity index (χ3v) is 9.44. The van der Waals surface area contributed by atoms with Gasteiger partial charge >= 0.3 is 18.2 Å². The summed E-state index contributed by atoms with van der Waals surface area (Å²) in [7, 11) is 1.23. The molecule has 1 saturated heterocycles. The molecular formula is C36H35F3N2O11. The van der Waals surface area contributed by atoms with Crippen LogP contribution in [0.15, 0.2) is 54.6 Å². The van der Waals surface area contributed by atoms with Gasteiger partial charge in [0, 0.05) is 55.2 Å². The molecule has 52 heavy (non-hydrogen) atoms. The molecule has 16 heteroatoms. The Balaban J connectivity index is 1.34. The van der Waals surface area contributed by atoms with E-state index in [1.54, 1.807) is 30.3 Å². The predicted octanol–water partition coefficient (Wildman–Crippen LogP) is 3.73. The smallest absolute Gasteiger partial charge is 0.471 e. The molecule has 276 valence electrons. The molecule has 13 nitrogen and oxygen atoms in total. The lowest BCUT2D eigenvalue weighted by atomic mass is 9.73. The maximum Gasteiger partial charge on any atom is 0.471 e. The molecule has 3 aliphatic rings. The summed E-state index contributed by atoms with van der Waals surface area (Å²) in [5.74, 6) is -5.18. The molecule has 3 aromatic carbocycles. The van der Waals surface area contributed by atoms with Crippen LogP contribution in [-0.2, 0) is 36.7 Å². The molecule has 3 aromatic rings. The zero-order valence-corrected chi connectivity index (χ0v) is 27.9. The van der Waals surface area contributed by atoms with E-state index in [1.165, 1.54) is 38.3 Å². The topological polar surface area (TPSA) is 190 Å². The van der Waals surface area contributed by atoms with Crippen LogP contribution < -0.4 is 10.6 Å². The van der Waals surface area contributed by atoms with E-state index in [0.29, 0.717) is 0 Å². The standard InChI is InChI=1S/C36H35F3N2O11/c1-17-32(49-2)22(41-33(46)36(37,38)39)12-24(51-17)52-23-14-35(48,16-50-34(47)40-15-18-8-4-3-5-9-18)13-21-25(23)31(45)27-26(30(21)44)28(42)19-10-6-7-11-20(19)29(27)43/h3-11,17,22-24,32,44-45,48H,12-16H2,1-2H3,(H,40,47)(H,41,46)/t17-,22-,23-,24-,32+,35-/m0/s1. The van der Waals surface area contributed by atoms with Crippen LogP contribution in [0.25, 0.3) is 0 Å². The molecule has 2 aliphatic carbocycles. The summed E-state index contributed by atoms with van der Waals surface area (Å²) in [6, 6.07) is 13.5. The molecule has 1 aliphatic heterocycles. The summed E-state index contributed by atoms with van der Waals surface area (Å²) in [5.41, 5.74) is -2.65. The summed E-state index contributed by atoms with van der Waals surface area (Å²) in [6.07, 6.45) is -12.3. The Labute approximate surface area is 294 Å². The number of aliphatic hydroxyl groups is 1. The molecule has 1 fully saturated rings. The molecule has 6 rings (SSSR count). The van der Waals surface area contributed by atoms with Gasteiger partial charge in [-0.1, -0.05) is 54.6 Å². The Morgan fingerprint density at radius 1 is 0.981 bits per heavy atom. The monoisotopic (exact) mass is 728 g/mol. The Morgan fingerprint density at radius 2 is 1.60 bits per heavy atom. The Bertz CT molecular complexity index is 1900. The van der Waals surface area contributed by atoms with Gasteiger partial charge in [-0.05, 0) is 12.5 Å². The van der Waals surface area contributed by atoms with Crippen molar-refractivity contribution < 1.29 is 66.6 Å². The number of rotatable bonds is 8. The average Bonchev–Trinajstić information content (AvgIpc) is 3.10. The highest BCUT2D eigenvalue weighted by molar-refractivity contribution is 6.30. The van der Waals surface area contributed by atoms with E-state index >= 15 is 0 Å². The number of fused-ring (bicyclic) bond motifs is 3.